The first-order valence-corrected chi connectivity index (χ1v) is 10.6. The molecule has 6 heteroatoms. The zero-order valence-corrected chi connectivity index (χ0v) is 17.7. The molecule has 0 aliphatic carbocycles. The van der Waals surface area contributed by atoms with Gasteiger partial charge >= 0.3 is 0 Å². The predicted molar refractivity (Wildman–Crippen MR) is 118 cm³/mol. The monoisotopic (exact) mass is 388 g/mol. The number of fused-ring (bicyclic) bond motifs is 2. The minimum Gasteiger partial charge on any atom is -0.357 e. The lowest BCUT2D eigenvalue weighted by molar-refractivity contribution is 0.574. The summed E-state index contributed by atoms with van der Waals surface area (Å²) in [5.41, 5.74) is 9.09. The van der Waals surface area contributed by atoms with E-state index in [-0.39, 0.29) is 0 Å². The van der Waals surface area contributed by atoms with Gasteiger partial charge in [-0.15, -0.1) is 0 Å². The number of pyridine rings is 2. The predicted octanol–water partition coefficient (Wildman–Crippen LogP) is 5.00. The molecule has 5 rings (SSSR count). The van der Waals surface area contributed by atoms with Crippen molar-refractivity contribution in [2.75, 3.05) is 18.0 Å². The van der Waals surface area contributed by atoms with Crippen molar-refractivity contribution in [1.82, 2.24) is 24.6 Å². The molecule has 0 unspecified atom stereocenters. The molecule has 0 radical (unpaired) electrons. The highest BCUT2D eigenvalue weighted by Crippen LogP contribution is 2.38. The van der Waals surface area contributed by atoms with Crippen molar-refractivity contribution in [2.24, 2.45) is 0 Å². The molecule has 0 amide bonds. The molecule has 5 heterocycles. The number of hydrogen-bond acceptors (Lipinski definition) is 4. The SMILES string of the molecule is Cc1c(-c2[nH]c3ccc(N4CCCCC4)nc3c2C(C)C)cn2ncnc2c1C. The van der Waals surface area contributed by atoms with Crippen LogP contribution in [-0.4, -0.2) is 37.7 Å². The van der Waals surface area contributed by atoms with E-state index in [0.717, 1.165) is 46.8 Å². The lowest BCUT2D eigenvalue weighted by atomic mass is 9.95. The first kappa shape index (κ1) is 18.2. The minimum atomic E-state index is 0.356. The van der Waals surface area contributed by atoms with Crippen LogP contribution >= 0.6 is 0 Å². The third-order valence-corrected chi connectivity index (χ3v) is 6.32. The molecule has 1 N–H and O–H groups in total. The van der Waals surface area contributed by atoms with Crippen LogP contribution in [0.5, 0.6) is 0 Å². The van der Waals surface area contributed by atoms with Crippen LogP contribution in [0, 0.1) is 13.8 Å². The van der Waals surface area contributed by atoms with Crippen molar-refractivity contribution >= 4 is 22.5 Å². The molecule has 6 nitrogen and oxygen atoms in total. The zero-order chi connectivity index (χ0) is 20.1. The van der Waals surface area contributed by atoms with Crippen LogP contribution in [0.4, 0.5) is 5.82 Å². The van der Waals surface area contributed by atoms with E-state index in [9.17, 15) is 0 Å². The number of aromatic amines is 1. The van der Waals surface area contributed by atoms with Crippen LogP contribution < -0.4 is 4.90 Å². The highest BCUT2D eigenvalue weighted by molar-refractivity contribution is 5.90. The molecule has 1 saturated heterocycles. The third kappa shape index (κ3) is 2.89. The Morgan fingerprint density at radius 1 is 1.03 bits per heavy atom. The lowest BCUT2D eigenvalue weighted by Crippen LogP contribution is -2.30. The van der Waals surface area contributed by atoms with Crippen molar-refractivity contribution in [1.29, 1.82) is 0 Å². The Hall–Kier alpha value is -2.89. The average Bonchev–Trinajstić information content (AvgIpc) is 3.35. The first-order valence-electron chi connectivity index (χ1n) is 10.6. The molecule has 0 bridgehead atoms. The average molecular weight is 389 g/mol. The van der Waals surface area contributed by atoms with Crippen molar-refractivity contribution in [3.8, 4) is 11.3 Å². The Morgan fingerprint density at radius 2 is 1.83 bits per heavy atom. The Kier molecular flexibility index (Phi) is 4.30. The van der Waals surface area contributed by atoms with Gasteiger partial charge in [-0.2, -0.15) is 5.10 Å². The smallest absolute Gasteiger partial charge is 0.158 e. The van der Waals surface area contributed by atoms with Gasteiger partial charge in [-0.1, -0.05) is 13.8 Å². The number of H-pyrrole nitrogens is 1. The van der Waals surface area contributed by atoms with Gasteiger partial charge in [0, 0.05) is 30.4 Å². The summed E-state index contributed by atoms with van der Waals surface area (Å²) in [4.78, 5) is 15.6. The van der Waals surface area contributed by atoms with Gasteiger partial charge in [0.1, 0.15) is 12.1 Å². The van der Waals surface area contributed by atoms with Gasteiger partial charge < -0.3 is 9.88 Å². The normalized spacial score (nSPS) is 15.1. The molecule has 0 atom stereocenters. The number of nitrogens with one attached hydrogen (secondary N) is 1. The Bertz CT molecular complexity index is 1190. The van der Waals surface area contributed by atoms with Crippen LogP contribution in [0.3, 0.4) is 0 Å². The van der Waals surface area contributed by atoms with Crippen molar-refractivity contribution in [2.45, 2.75) is 52.9 Å². The number of aryl methyl sites for hydroxylation is 1. The first-order chi connectivity index (χ1) is 14.0. The lowest BCUT2D eigenvalue weighted by Gasteiger charge is -2.27. The maximum atomic E-state index is 5.13. The highest BCUT2D eigenvalue weighted by atomic mass is 15.3. The van der Waals surface area contributed by atoms with E-state index in [1.165, 1.54) is 36.0 Å². The van der Waals surface area contributed by atoms with E-state index in [4.69, 9.17) is 4.98 Å². The molecule has 0 spiro atoms. The molecule has 1 aliphatic heterocycles. The second-order valence-corrected chi connectivity index (χ2v) is 8.50. The summed E-state index contributed by atoms with van der Waals surface area (Å²) in [6, 6.07) is 4.36. The van der Waals surface area contributed by atoms with Gasteiger partial charge in [0.25, 0.3) is 0 Å². The van der Waals surface area contributed by atoms with Crippen LogP contribution in [0.25, 0.3) is 27.9 Å². The number of aromatic nitrogens is 5. The second-order valence-electron chi connectivity index (χ2n) is 8.50. The van der Waals surface area contributed by atoms with E-state index in [1.54, 1.807) is 6.33 Å². The standard InChI is InChI=1S/C23H28N6/c1-14(2)20-21(17-12-29-23(24-13-25-29)16(4)15(17)3)26-18-8-9-19(27-22(18)20)28-10-6-5-7-11-28/h8-9,12-14,26H,5-7,10-11H2,1-4H3. The summed E-state index contributed by atoms with van der Waals surface area (Å²) in [7, 11) is 0. The molecule has 29 heavy (non-hydrogen) atoms. The van der Waals surface area contributed by atoms with Crippen molar-refractivity contribution in [3.63, 3.8) is 0 Å². The fraction of sp³-hybridized carbons (Fsp3) is 0.435. The molecule has 1 fully saturated rings. The van der Waals surface area contributed by atoms with Crippen LogP contribution in [0.15, 0.2) is 24.7 Å². The summed E-state index contributed by atoms with van der Waals surface area (Å²) in [5.74, 6) is 1.46. The maximum Gasteiger partial charge on any atom is 0.158 e. The number of hydrogen-bond donors (Lipinski definition) is 1. The van der Waals surface area contributed by atoms with E-state index < -0.39 is 0 Å². The Balaban J connectivity index is 1.72. The third-order valence-electron chi connectivity index (χ3n) is 6.32. The molecular formula is C23H28N6. The Labute approximate surface area is 171 Å². The van der Waals surface area contributed by atoms with Crippen LogP contribution in [0.1, 0.15) is 55.7 Å². The fourth-order valence-corrected chi connectivity index (χ4v) is 4.60. The van der Waals surface area contributed by atoms with Crippen LogP contribution in [-0.2, 0) is 0 Å². The number of piperidine rings is 1. The van der Waals surface area contributed by atoms with Crippen LogP contribution in [0.2, 0.25) is 0 Å². The summed E-state index contributed by atoms with van der Waals surface area (Å²) in [6.07, 6.45) is 7.55. The molecule has 150 valence electrons. The largest absolute Gasteiger partial charge is 0.357 e. The van der Waals surface area contributed by atoms with Crippen molar-refractivity contribution in [3.05, 3.63) is 41.3 Å². The van der Waals surface area contributed by atoms with Gasteiger partial charge in [-0.3, -0.25) is 0 Å². The van der Waals surface area contributed by atoms with E-state index in [0.29, 0.717) is 5.92 Å². The topological polar surface area (TPSA) is 62.1 Å². The molecule has 0 aromatic carbocycles. The van der Waals surface area contributed by atoms with Gasteiger partial charge in [-0.25, -0.2) is 14.5 Å². The summed E-state index contributed by atoms with van der Waals surface area (Å²) >= 11 is 0. The number of anilines is 1. The second kappa shape index (κ2) is 6.87. The van der Waals surface area contributed by atoms with E-state index in [1.807, 2.05) is 4.52 Å². The quantitative estimate of drug-likeness (QED) is 0.536. The number of rotatable bonds is 3. The minimum absolute atomic E-state index is 0.356. The molecule has 1 aliphatic rings. The molecular weight excluding hydrogens is 360 g/mol. The maximum absolute atomic E-state index is 5.13. The Morgan fingerprint density at radius 3 is 2.59 bits per heavy atom. The van der Waals surface area contributed by atoms with Gasteiger partial charge in [-0.05, 0) is 62.3 Å². The highest BCUT2D eigenvalue weighted by Gasteiger charge is 2.22. The summed E-state index contributed by atoms with van der Waals surface area (Å²) < 4.78 is 1.87. The molecule has 0 saturated carbocycles. The molecule has 4 aromatic heterocycles. The van der Waals surface area contributed by atoms with E-state index in [2.05, 4.69) is 66.0 Å². The zero-order valence-electron chi connectivity index (χ0n) is 17.7. The van der Waals surface area contributed by atoms with Gasteiger partial charge in [0.15, 0.2) is 5.65 Å². The molecule has 4 aromatic rings. The summed E-state index contributed by atoms with van der Waals surface area (Å²) in [5, 5.41) is 4.38. The van der Waals surface area contributed by atoms with E-state index >= 15 is 0 Å². The van der Waals surface area contributed by atoms with Gasteiger partial charge in [0.05, 0.1) is 16.7 Å². The van der Waals surface area contributed by atoms with Crippen molar-refractivity contribution < 1.29 is 0 Å². The number of nitrogens with zero attached hydrogens (tertiary/aromatic N) is 5. The van der Waals surface area contributed by atoms with Gasteiger partial charge in [0.2, 0.25) is 0 Å². The summed E-state index contributed by atoms with van der Waals surface area (Å²) in [6.45, 7) is 11.0. The fourth-order valence-electron chi connectivity index (χ4n) is 4.60.